The molecule has 0 radical (unpaired) electrons. The minimum atomic E-state index is -0.106. The Morgan fingerprint density at radius 2 is 1.92 bits per heavy atom. The fourth-order valence-corrected chi connectivity index (χ4v) is 6.99. The summed E-state index contributed by atoms with van der Waals surface area (Å²) in [7, 11) is 0. The fourth-order valence-electron chi connectivity index (χ4n) is 4.58. The van der Waals surface area contributed by atoms with Gasteiger partial charge in [-0.05, 0) is 43.3 Å². The van der Waals surface area contributed by atoms with Gasteiger partial charge in [-0.3, -0.25) is 4.79 Å². The van der Waals surface area contributed by atoms with E-state index in [1.54, 1.807) is 35.7 Å². The number of hydrogen-bond acceptors (Lipinski definition) is 9. The Hall–Kier alpha value is -3.78. The Kier molecular flexibility index (Phi) is 6.81. The molecule has 1 atom stereocenters. The monoisotopic (exact) mass is 540 g/mol. The number of benzene rings is 2. The van der Waals surface area contributed by atoms with Crippen LogP contribution in [0.5, 0.6) is 0 Å². The highest BCUT2D eigenvalue weighted by Crippen LogP contribution is 2.52. The summed E-state index contributed by atoms with van der Waals surface area (Å²) in [5, 5.41) is 12.6. The Bertz CT molecular complexity index is 1610. The Labute approximate surface area is 228 Å². The van der Waals surface area contributed by atoms with Gasteiger partial charge in [-0.1, -0.05) is 35.7 Å². The zero-order chi connectivity index (χ0) is 26.1. The van der Waals surface area contributed by atoms with Crippen molar-refractivity contribution in [2.45, 2.75) is 32.5 Å². The number of hydrogen-bond donors (Lipinski definition) is 2. The summed E-state index contributed by atoms with van der Waals surface area (Å²) in [6.45, 7) is 4.90. The first-order valence-corrected chi connectivity index (χ1v) is 13.9. The summed E-state index contributed by atoms with van der Waals surface area (Å²) in [5.74, 6) is 0. The number of H-pyrrole nitrogens is 1. The number of morpholine rings is 1. The van der Waals surface area contributed by atoms with Crippen LogP contribution in [-0.2, 0) is 4.74 Å². The van der Waals surface area contributed by atoms with Crippen LogP contribution < -0.4 is 15.8 Å². The highest BCUT2D eigenvalue weighted by atomic mass is 32.2. The summed E-state index contributed by atoms with van der Waals surface area (Å²) in [5.41, 5.74) is 4.75. The molecule has 0 amide bonds. The number of ether oxygens (including phenoxy) is 1. The van der Waals surface area contributed by atoms with Crippen molar-refractivity contribution in [3.63, 3.8) is 0 Å². The highest BCUT2D eigenvalue weighted by molar-refractivity contribution is 8.05. The molecule has 190 valence electrons. The van der Waals surface area contributed by atoms with Crippen LogP contribution in [0.25, 0.3) is 11.3 Å². The van der Waals surface area contributed by atoms with E-state index in [0.717, 1.165) is 61.0 Å². The SMILES string of the molecule is CC(Nc1ccc2c(c1)Sc1cccc(-c3cc(N4CCOCC4)cc(=O)[nH]3)c1S2)c1cc(C#N)ncn1. The summed E-state index contributed by atoms with van der Waals surface area (Å²) in [6, 6.07) is 20.0. The van der Waals surface area contributed by atoms with Crippen molar-refractivity contribution in [2.24, 2.45) is 0 Å². The van der Waals surface area contributed by atoms with Gasteiger partial charge >= 0.3 is 0 Å². The molecule has 1 unspecified atom stereocenters. The quantitative estimate of drug-likeness (QED) is 0.306. The lowest BCUT2D eigenvalue weighted by Crippen LogP contribution is -2.36. The lowest BCUT2D eigenvalue weighted by Gasteiger charge is -2.29. The van der Waals surface area contributed by atoms with Crippen molar-refractivity contribution in [3.05, 3.63) is 82.7 Å². The van der Waals surface area contributed by atoms with E-state index in [9.17, 15) is 4.79 Å². The smallest absolute Gasteiger partial charge is 0.250 e. The first kappa shape index (κ1) is 24.6. The topological polar surface area (TPSA) is 107 Å². The van der Waals surface area contributed by atoms with Gasteiger partial charge in [-0.25, -0.2) is 9.97 Å². The van der Waals surface area contributed by atoms with E-state index in [4.69, 9.17) is 10.00 Å². The molecular formula is C28H24N6O2S2. The van der Waals surface area contributed by atoms with Gasteiger partial charge < -0.3 is 19.9 Å². The van der Waals surface area contributed by atoms with Gasteiger partial charge in [-0.15, -0.1) is 0 Å². The first-order valence-electron chi connectivity index (χ1n) is 12.3. The molecule has 10 heteroatoms. The van der Waals surface area contributed by atoms with Crippen LogP contribution in [0.15, 0.2) is 85.3 Å². The van der Waals surface area contributed by atoms with Crippen molar-refractivity contribution in [1.82, 2.24) is 15.0 Å². The van der Waals surface area contributed by atoms with Crippen molar-refractivity contribution < 1.29 is 4.74 Å². The van der Waals surface area contributed by atoms with Gasteiger partial charge in [0.25, 0.3) is 0 Å². The largest absolute Gasteiger partial charge is 0.378 e. The van der Waals surface area contributed by atoms with Crippen LogP contribution in [0.4, 0.5) is 11.4 Å². The molecule has 0 aliphatic carbocycles. The van der Waals surface area contributed by atoms with Gasteiger partial charge in [0, 0.05) is 55.7 Å². The molecule has 2 aromatic heterocycles. The van der Waals surface area contributed by atoms with Crippen molar-refractivity contribution in [1.29, 1.82) is 5.26 Å². The maximum Gasteiger partial charge on any atom is 0.250 e. The van der Waals surface area contributed by atoms with Gasteiger partial charge in [-0.2, -0.15) is 5.26 Å². The van der Waals surface area contributed by atoms with Crippen LogP contribution in [0.2, 0.25) is 0 Å². The van der Waals surface area contributed by atoms with E-state index in [-0.39, 0.29) is 11.6 Å². The van der Waals surface area contributed by atoms with E-state index >= 15 is 0 Å². The molecule has 4 aromatic rings. The zero-order valence-electron chi connectivity index (χ0n) is 20.6. The van der Waals surface area contributed by atoms with Crippen LogP contribution in [0, 0.1) is 11.3 Å². The predicted molar refractivity (Wildman–Crippen MR) is 149 cm³/mol. The summed E-state index contributed by atoms with van der Waals surface area (Å²) in [6.07, 6.45) is 1.42. The molecule has 4 heterocycles. The molecule has 0 spiro atoms. The van der Waals surface area contributed by atoms with E-state index in [1.807, 2.05) is 13.0 Å². The molecule has 2 aromatic carbocycles. The van der Waals surface area contributed by atoms with Crippen LogP contribution in [0.3, 0.4) is 0 Å². The lowest BCUT2D eigenvalue weighted by molar-refractivity contribution is 0.122. The van der Waals surface area contributed by atoms with Crippen molar-refractivity contribution in [2.75, 3.05) is 36.5 Å². The third-order valence-electron chi connectivity index (χ3n) is 6.48. The lowest BCUT2D eigenvalue weighted by atomic mass is 10.1. The second-order valence-corrected chi connectivity index (χ2v) is 11.2. The number of fused-ring (bicyclic) bond motifs is 2. The maximum atomic E-state index is 12.6. The third kappa shape index (κ3) is 5.00. The van der Waals surface area contributed by atoms with E-state index in [2.05, 4.69) is 67.6 Å². The molecule has 38 heavy (non-hydrogen) atoms. The van der Waals surface area contributed by atoms with Crippen LogP contribution in [-0.4, -0.2) is 41.3 Å². The number of rotatable bonds is 5. The minimum absolute atomic E-state index is 0.0844. The fraction of sp³-hybridized carbons (Fsp3) is 0.214. The number of nitrogens with zero attached hydrogens (tertiary/aromatic N) is 4. The van der Waals surface area contributed by atoms with E-state index in [0.29, 0.717) is 18.9 Å². The third-order valence-corrected chi connectivity index (χ3v) is 9.08. The number of aromatic amines is 1. The summed E-state index contributed by atoms with van der Waals surface area (Å²) < 4.78 is 5.48. The summed E-state index contributed by atoms with van der Waals surface area (Å²) in [4.78, 5) is 30.7. The molecular weight excluding hydrogens is 516 g/mol. The zero-order valence-corrected chi connectivity index (χ0v) is 22.2. The van der Waals surface area contributed by atoms with Crippen LogP contribution in [0.1, 0.15) is 24.4 Å². The molecule has 2 aliphatic rings. The normalized spacial score (nSPS) is 15.2. The molecule has 0 saturated carbocycles. The van der Waals surface area contributed by atoms with Crippen LogP contribution >= 0.6 is 23.5 Å². The molecule has 2 aliphatic heterocycles. The number of pyridine rings is 1. The van der Waals surface area contributed by atoms with E-state index in [1.165, 1.54) is 6.33 Å². The summed E-state index contributed by atoms with van der Waals surface area (Å²) >= 11 is 3.44. The van der Waals surface area contributed by atoms with Gasteiger partial charge in [0.15, 0.2) is 0 Å². The Balaban J connectivity index is 1.27. The second kappa shape index (κ2) is 10.5. The van der Waals surface area contributed by atoms with Gasteiger partial charge in [0.1, 0.15) is 18.1 Å². The van der Waals surface area contributed by atoms with Gasteiger partial charge in [0.2, 0.25) is 5.56 Å². The van der Waals surface area contributed by atoms with Gasteiger partial charge in [0.05, 0.1) is 30.6 Å². The molecule has 8 nitrogen and oxygen atoms in total. The average Bonchev–Trinajstić information content (AvgIpc) is 2.96. The van der Waals surface area contributed by atoms with Crippen molar-refractivity contribution >= 4 is 34.9 Å². The number of nitriles is 1. The number of aromatic nitrogens is 3. The Morgan fingerprint density at radius 3 is 2.76 bits per heavy atom. The molecule has 1 saturated heterocycles. The molecule has 6 rings (SSSR count). The second-order valence-electron chi connectivity index (χ2n) is 9.02. The Morgan fingerprint density at radius 1 is 1.05 bits per heavy atom. The molecule has 2 N–H and O–H groups in total. The number of nitrogens with one attached hydrogen (secondary N) is 2. The van der Waals surface area contributed by atoms with E-state index < -0.39 is 0 Å². The number of anilines is 2. The predicted octanol–water partition coefficient (Wildman–Crippen LogP) is 5.33. The first-order chi connectivity index (χ1) is 18.6. The van der Waals surface area contributed by atoms with Crippen molar-refractivity contribution in [3.8, 4) is 17.3 Å². The highest BCUT2D eigenvalue weighted by Gasteiger charge is 2.22. The minimum Gasteiger partial charge on any atom is -0.378 e. The maximum absolute atomic E-state index is 12.6. The standard InChI is InChI=1S/C28H24N6O2S2/c1-17(22-11-19(15-29)30-16-31-22)32-18-5-6-24-26(12-18)37-25-4-2-3-21(28(25)38-24)23-13-20(14-27(35)33-23)34-7-9-36-10-8-34/h2-6,11-14,16-17,32H,7-10H2,1H3,(H,33,35). The average molecular weight is 541 g/mol. The molecule has 1 fully saturated rings. The molecule has 0 bridgehead atoms.